The van der Waals surface area contributed by atoms with Crippen LogP contribution in [0.4, 0.5) is 25.0 Å². The predicted octanol–water partition coefficient (Wildman–Crippen LogP) is 5.30. The summed E-state index contributed by atoms with van der Waals surface area (Å²) < 4.78 is 34.4. The monoisotopic (exact) mass is 450 g/mol. The van der Waals surface area contributed by atoms with E-state index in [1.54, 1.807) is 35.0 Å². The summed E-state index contributed by atoms with van der Waals surface area (Å²) in [4.78, 5) is 20.5. The lowest BCUT2D eigenvalue weighted by Gasteiger charge is -2.10. The Morgan fingerprint density at radius 2 is 1.73 bits per heavy atom. The number of nitrogens with one attached hydrogen (secondary N) is 2. The number of carbonyl (C=O) groups is 1. The Bertz CT molecular complexity index is 1320. The Morgan fingerprint density at radius 1 is 0.970 bits per heavy atom. The molecule has 0 aliphatic heterocycles. The molecular weight excluding hydrogens is 430 g/mol. The third-order valence-electron chi connectivity index (χ3n) is 5.01. The molecule has 0 spiro atoms. The molecule has 0 aliphatic rings. The molecule has 4 aromatic rings. The van der Waals surface area contributed by atoms with Crippen LogP contribution >= 0.6 is 0 Å². The normalized spacial score (nSPS) is 10.7. The van der Waals surface area contributed by atoms with Crippen LogP contribution in [0.5, 0.6) is 11.6 Å². The number of aryl methyl sites for hydroxylation is 1. The molecule has 0 fully saturated rings. The summed E-state index contributed by atoms with van der Waals surface area (Å²) in [6, 6.07) is 10.2. The SMILES string of the molecule is Cc1nn(-c2cc(Oc3ccc(NC(=O)Nc4cc(F)ccc4F)cc3)ncn2)c(C)c1C. The maximum atomic E-state index is 13.7. The molecule has 0 saturated carbocycles. The number of nitrogens with zero attached hydrogens (tertiary/aromatic N) is 4. The number of aromatic nitrogens is 4. The molecular formula is C23H20F2N6O2. The summed E-state index contributed by atoms with van der Waals surface area (Å²) in [5.41, 5.74) is 3.15. The minimum Gasteiger partial charge on any atom is -0.439 e. The molecule has 4 rings (SSSR count). The smallest absolute Gasteiger partial charge is 0.323 e. The summed E-state index contributed by atoms with van der Waals surface area (Å²) in [5, 5.41) is 9.29. The van der Waals surface area contributed by atoms with Crippen molar-refractivity contribution in [2.75, 3.05) is 10.6 Å². The second-order valence-electron chi connectivity index (χ2n) is 7.25. The zero-order chi connectivity index (χ0) is 23.5. The molecule has 10 heteroatoms. The van der Waals surface area contributed by atoms with Gasteiger partial charge in [-0.05, 0) is 62.7 Å². The van der Waals surface area contributed by atoms with E-state index >= 15 is 0 Å². The zero-order valence-electron chi connectivity index (χ0n) is 18.1. The lowest BCUT2D eigenvalue weighted by molar-refractivity contribution is 0.262. The lowest BCUT2D eigenvalue weighted by Crippen LogP contribution is -2.20. The molecule has 2 heterocycles. The summed E-state index contributed by atoms with van der Waals surface area (Å²) in [6.45, 7) is 5.89. The molecule has 2 aromatic carbocycles. The molecule has 2 N–H and O–H groups in total. The zero-order valence-corrected chi connectivity index (χ0v) is 18.1. The third-order valence-corrected chi connectivity index (χ3v) is 5.01. The van der Waals surface area contributed by atoms with Gasteiger partial charge >= 0.3 is 6.03 Å². The van der Waals surface area contributed by atoms with Crippen molar-refractivity contribution < 1.29 is 18.3 Å². The summed E-state index contributed by atoms with van der Waals surface area (Å²) in [5.74, 6) is -0.0194. The highest BCUT2D eigenvalue weighted by Gasteiger charge is 2.12. The van der Waals surface area contributed by atoms with Gasteiger partial charge in [0.1, 0.15) is 23.7 Å². The van der Waals surface area contributed by atoms with E-state index < -0.39 is 17.7 Å². The van der Waals surface area contributed by atoms with Crippen molar-refractivity contribution in [2.24, 2.45) is 0 Å². The quantitative estimate of drug-likeness (QED) is 0.430. The second-order valence-corrected chi connectivity index (χ2v) is 7.25. The van der Waals surface area contributed by atoms with Gasteiger partial charge in [0.2, 0.25) is 5.88 Å². The molecule has 0 radical (unpaired) electrons. The van der Waals surface area contributed by atoms with Crippen LogP contribution in [0.3, 0.4) is 0 Å². The van der Waals surface area contributed by atoms with Crippen LogP contribution in [-0.2, 0) is 0 Å². The molecule has 0 aliphatic carbocycles. The predicted molar refractivity (Wildman–Crippen MR) is 119 cm³/mol. The molecule has 0 unspecified atom stereocenters. The number of amides is 2. The maximum absolute atomic E-state index is 13.7. The van der Waals surface area contributed by atoms with E-state index in [9.17, 15) is 13.6 Å². The second kappa shape index (κ2) is 9.03. The van der Waals surface area contributed by atoms with E-state index in [1.165, 1.54) is 6.33 Å². The summed E-state index contributed by atoms with van der Waals surface area (Å²) in [6.07, 6.45) is 1.39. The van der Waals surface area contributed by atoms with Crippen molar-refractivity contribution in [3.63, 3.8) is 0 Å². The van der Waals surface area contributed by atoms with E-state index in [0.29, 0.717) is 23.1 Å². The molecule has 2 amide bonds. The standard InChI is InChI=1S/C23H20F2N6O2/c1-13-14(2)30-31(15(13)3)21-11-22(27-12-26-21)33-18-7-5-17(6-8-18)28-23(32)29-20-10-16(24)4-9-19(20)25/h4-12H,1-3H3,(H2,28,29,32). The van der Waals surface area contributed by atoms with Gasteiger partial charge in [-0.3, -0.25) is 0 Å². The van der Waals surface area contributed by atoms with Crippen LogP contribution in [0.2, 0.25) is 0 Å². The average Bonchev–Trinajstić information content (AvgIpc) is 3.05. The highest BCUT2D eigenvalue weighted by molar-refractivity contribution is 5.99. The minimum absolute atomic E-state index is 0.259. The number of carbonyl (C=O) groups excluding carboxylic acids is 1. The molecule has 8 nitrogen and oxygen atoms in total. The number of ether oxygens (including phenoxy) is 1. The van der Waals surface area contributed by atoms with Gasteiger partial charge in [-0.15, -0.1) is 0 Å². The highest BCUT2D eigenvalue weighted by atomic mass is 19.1. The van der Waals surface area contributed by atoms with Crippen molar-refractivity contribution in [1.29, 1.82) is 0 Å². The number of anilines is 2. The van der Waals surface area contributed by atoms with Gasteiger partial charge in [-0.2, -0.15) is 5.10 Å². The minimum atomic E-state index is -0.741. The Kier molecular flexibility index (Phi) is 5.99. The van der Waals surface area contributed by atoms with E-state index in [-0.39, 0.29) is 5.69 Å². The molecule has 0 saturated heterocycles. The lowest BCUT2D eigenvalue weighted by atomic mass is 10.2. The van der Waals surface area contributed by atoms with Gasteiger partial charge in [-0.25, -0.2) is 28.2 Å². The molecule has 2 aromatic heterocycles. The van der Waals surface area contributed by atoms with Crippen LogP contribution in [0.25, 0.3) is 5.82 Å². The van der Waals surface area contributed by atoms with Gasteiger partial charge in [0, 0.05) is 23.5 Å². The highest BCUT2D eigenvalue weighted by Crippen LogP contribution is 2.24. The number of halogens is 2. The fraction of sp³-hybridized carbons (Fsp3) is 0.130. The van der Waals surface area contributed by atoms with Gasteiger partial charge in [0.05, 0.1) is 11.4 Å². The number of hydrogen-bond donors (Lipinski definition) is 2. The first-order valence-corrected chi connectivity index (χ1v) is 9.96. The van der Waals surface area contributed by atoms with Gasteiger partial charge in [0.15, 0.2) is 5.82 Å². The van der Waals surface area contributed by atoms with E-state index in [0.717, 1.165) is 35.2 Å². The molecule has 33 heavy (non-hydrogen) atoms. The van der Waals surface area contributed by atoms with Gasteiger partial charge in [0.25, 0.3) is 0 Å². The summed E-state index contributed by atoms with van der Waals surface area (Å²) >= 11 is 0. The van der Waals surface area contributed by atoms with Crippen LogP contribution < -0.4 is 15.4 Å². The molecule has 0 atom stereocenters. The Balaban J connectivity index is 1.42. The van der Waals surface area contributed by atoms with Crippen molar-refractivity contribution in [2.45, 2.75) is 20.8 Å². The average molecular weight is 450 g/mol. The first-order chi connectivity index (χ1) is 15.8. The van der Waals surface area contributed by atoms with Crippen LogP contribution in [0.15, 0.2) is 54.9 Å². The number of rotatable bonds is 5. The van der Waals surface area contributed by atoms with Crippen molar-refractivity contribution in [1.82, 2.24) is 19.7 Å². The Morgan fingerprint density at radius 3 is 2.42 bits per heavy atom. The number of benzene rings is 2. The Labute approximate surface area is 188 Å². The first-order valence-electron chi connectivity index (χ1n) is 9.96. The summed E-state index contributed by atoms with van der Waals surface area (Å²) in [7, 11) is 0. The van der Waals surface area contributed by atoms with Gasteiger partial charge in [-0.1, -0.05) is 0 Å². The van der Waals surface area contributed by atoms with Gasteiger partial charge < -0.3 is 15.4 Å². The fourth-order valence-electron chi connectivity index (χ4n) is 3.05. The number of hydrogen-bond acceptors (Lipinski definition) is 5. The van der Waals surface area contributed by atoms with Crippen molar-refractivity contribution in [3.8, 4) is 17.4 Å². The first kappa shape index (κ1) is 21.9. The topological polar surface area (TPSA) is 94.0 Å². The van der Waals surface area contributed by atoms with E-state index in [4.69, 9.17) is 4.74 Å². The largest absolute Gasteiger partial charge is 0.439 e. The van der Waals surface area contributed by atoms with Crippen LogP contribution in [0, 0.1) is 32.4 Å². The number of urea groups is 1. The fourth-order valence-corrected chi connectivity index (χ4v) is 3.05. The molecule has 0 bridgehead atoms. The Hall–Kier alpha value is -4.34. The van der Waals surface area contributed by atoms with E-state index in [2.05, 4.69) is 25.7 Å². The molecule has 168 valence electrons. The van der Waals surface area contributed by atoms with Crippen molar-refractivity contribution in [3.05, 3.63) is 83.4 Å². The van der Waals surface area contributed by atoms with Crippen LogP contribution in [0.1, 0.15) is 17.0 Å². The van der Waals surface area contributed by atoms with Crippen molar-refractivity contribution >= 4 is 17.4 Å². The van der Waals surface area contributed by atoms with E-state index in [1.807, 2.05) is 20.8 Å². The van der Waals surface area contributed by atoms with Crippen LogP contribution in [-0.4, -0.2) is 25.8 Å². The maximum Gasteiger partial charge on any atom is 0.323 e. The third kappa shape index (κ3) is 4.95.